The molecule has 0 aliphatic carbocycles. The Bertz CT molecular complexity index is 76.0. The Hall–Kier alpha value is -0.160. The average Bonchev–Trinajstić information content (AvgIpc) is 1.96. The van der Waals surface area contributed by atoms with E-state index in [-0.39, 0.29) is 12.3 Å². The molecule has 4 nitrogen and oxygen atoms in total. The number of unbranched alkanes of at least 4 members (excludes halogenated alkanes) is 3. The molecule has 0 aromatic rings. The standard InChI is InChI=1S/C9H22N2.2H3N/c1-10-8-6-4-5-7-9-11(2)3;;/h10H,4-9H2,1-3H3;2*1H3. The summed E-state index contributed by atoms with van der Waals surface area (Å²) in [5, 5.41) is 3.16. The first-order chi connectivity index (χ1) is 5.27. The van der Waals surface area contributed by atoms with Crippen LogP contribution in [-0.4, -0.2) is 39.1 Å². The molecule has 0 saturated carbocycles. The number of rotatable bonds is 7. The van der Waals surface area contributed by atoms with E-state index in [2.05, 4.69) is 24.3 Å². The zero-order valence-corrected chi connectivity index (χ0v) is 9.60. The molecule has 0 radical (unpaired) electrons. The zero-order valence-electron chi connectivity index (χ0n) is 9.60. The Morgan fingerprint density at radius 3 is 1.92 bits per heavy atom. The van der Waals surface area contributed by atoms with Gasteiger partial charge in [0, 0.05) is 0 Å². The first-order valence-electron chi connectivity index (χ1n) is 4.56. The van der Waals surface area contributed by atoms with E-state index in [1.165, 1.54) is 38.8 Å². The maximum absolute atomic E-state index is 3.16. The molecule has 0 unspecified atom stereocenters. The summed E-state index contributed by atoms with van der Waals surface area (Å²) in [6.45, 7) is 2.40. The largest absolute Gasteiger partial charge is 0.344 e. The molecule has 0 amide bonds. The van der Waals surface area contributed by atoms with E-state index in [9.17, 15) is 0 Å². The highest BCUT2D eigenvalue weighted by Gasteiger charge is 1.90. The molecular formula is C9H28N4. The van der Waals surface area contributed by atoms with Crippen molar-refractivity contribution in [2.75, 3.05) is 34.2 Å². The van der Waals surface area contributed by atoms with Crippen LogP contribution < -0.4 is 17.6 Å². The molecule has 84 valence electrons. The minimum atomic E-state index is 0. The minimum absolute atomic E-state index is 0. The molecule has 7 N–H and O–H groups in total. The summed E-state index contributed by atoms with van der Waals surface area (Å²) in [4.78, 5) is 2.25. The van der Waals surface area contributed by atoms with Gasteiger partial charge in [0.15, 0.2) is 0 Å². The number of hydrogen-bond donors (Lipinski definition) is 3. The summed E-state index contributed by atoms with van der Waals surface area (Å²) in [5.41, 5.74) is 0. The third-order valence-electron chi connectivity index (χ3n) is 1.78. The van der Waals surface area contributed by atoms with E-state index in [0.717, 1.165) is 0 Å². The van der Waals surface area contributed by atoms with Gasteiger partial charge in [0.1, 0.15) is 0 Å². The summed E-state index contributed by atoms with van der Waals surface area (Å²) in [5.74, 6) is 0. The molecule has 13 heavy (non-hydrogen) atoms. The Morgan fingerprint density at radius 2 is 1.46 bits per heavy atom. The SMILES string of the molecule is CNCCCCCCN(C)C.N.N. The van der Waals surface area contributed by atoms with E-state index < -0.39 is 0 Å². The Kier molecular flexibility index (Phi) is 20.5. The van der Waals surface area contributed by atoms with Crippen molar-refractivity contribution in [2.45, 2.75) is 25.7 Å². The van der Waals surface area contributed by atoms with Gasteiger partial charge in [-0.15, -0.1) is 0 Å². The van der Waals surface area contributed by atoms with Crippen molar-refractivity contribution in [1.82, 2.24) is 22.5 Å². The van der Waals surface area contributed by atoms with E-state index in [1.807, 2.05) is 7.05 Å². The number of nitrogens with zero attached hydrogens (tertiary/aromatic N) is 1. The van der Waals surface area contributed by atoms with Crippen LogP contribution in [0.1, 0.15) is 25.7 Å². The molecule has 0 fully saturated rings. The van der Waals surface area contributed by atoms with E-state index in [4.69, 9.17) is 0 Å². The van der Waals surface area contributed by atoms with Gasteiger partial charge in [0.05, 0.1) is 0 Å². The fraction of sp³-hybridized carbons (Fsp3) is 1.00. The summed E-state index contributed by atoms with van der Waals surface area (Å²) in [6, 6.07) is 0. The topological polar surface area (TPSA) is 85.3 Å². The van der Waals surface area contributed by atoms with Crippen LogP contribution in [0.2, 0.25) is 0 Å². The number of nitrogens with one attached hydrogen (secondary N) is 1. The van der Waals surface area contributed by atoms with Gasteiger partial charge in [-0.05, 0) is 47.1 Å². The average molecular weight is 192 g/mol. The third kappa shape index (κ3) is 18.7. The quantitative estimate of drug-likeness (QED) is 0.535. The molecule has 0 aromatic carbocycles. The second-order valence-corrected chi connectivity index (χ2v) is 3.32. The summed E-state index contributed by atoms with van der Waals surface area (Å²) in [6.07, 6.45) is 5.41. The fourth-order valence-corrected chi connectivity index (χ4v) is 1.08. The first-order valence-corrected chi connectivity index (χ1v) is 4.56. The maximum atomic E-state index is 3.16. The van der Waals surface area contributed by atoms with Gasteiger partial charge in [-0.1, -0.05) is 12.8 Å². The van der Waals surface area contributed by atoms with Crippen LogP contribution in [0, 0.1) is 0 Å². The van der Waals surface area contributed by atoms with E-state index in [1.54, 1.807) is 0 Å². The van der Waals surface area contributed by atoms with E-state index in [0.29, 0.717) is 0 Å². The maximum Gasteiger partial charge on any atom is -0.00248 e. The normalized spacial score (nSPS) is 9.23. The second kappa shape index (κ2) is 14.4. The summed E-state index contributed by atoms with van der Waals surface area (Å²) in [7, 11) is 6.28. The van der Waals surface area contributed by atoms with Crippen molar-refractivity contribution in [3.8, 4) is 0 Å². The van der Waals surface area contributed by atoms with Crippen molar-refractivity contribution >= 4 is 0 Å². The van der Waals surface area contributed by atoms with E-state index >= 15 is 0 Å². The van der Waals surface area contributed by atoms with Gasteiger partial charge < -0.3 is 22.5 Å². The molecule has 0 bridgehead atoms. The first kappa shape index (κ1) is 18.6. The van der Waals surface area contributed by atoms with Gasteiger partial charge in [-0.2, -0.15) is 0 Å². The van der Waals surface area contributed by atoms with Gasteiger partial charge in [-0.25, -0.2) is 0 Å². The van der Waals surface area contributed by atoms with Gasteiger partial charge in [0.2, 0.25) is 0 Å². The fourth-order valence-electron chi connectivity index (χ4n) is 1.08. The smallest absolute Gasteiger partial charge is 0.00248 e. The van der Waals surface area contributed by atoms with Gasteiger partial charge in [-0.3, -0.25) is 0 Å². The molecule has 0 aromatic heterocycles. The van der Waals surface area contributed by atoms with Gasteiger partial charge in [0.25, 0.3) is 0 Å². The lowest BCUT2D eigenvalue weighted by Crippen LogP contribution is -2.13. The van der Waals surface area contributed by atoms with Crippen LogP contribution >= 0.6 is 0 Å². The molecule has 0 saturated heterocycles. The van der Waals surface area contributed by atoms with Crippen LogP contribution in [0.5, 0.6) is 0 Å². The predicted molar refractivity (Wildman–Crippen MR) is 61.0 cm³/mol. The Morgan fingerprint density at radius 1 is 0.923 bits per heavy atom. The molecule has 0 aliphatic rings. The minimum Gasteiger partial charge on any atom is -0.344 e. The second-order valence-electron chi connectivity index (χ2n) is 3.32. The highest BCUT2D eigenvalue weighted by Crippen LogP contribution is 1.98. The van der Waals surface area contributed by atoms with Crippen LogP contribution in [-0.2, 0) is 0 Å². The molecule has 4 heteroatoms. The van der Waals surface area contributed by atoms with Crippen LogP contribution in [0.3, 0.4) is 0 Å². The lowest BCUT2D eigenvalue weighted by molar-refractivity contribution is 0.390. The van der Waals surface area contributed by atoms with Crippen LogP contribution in [0.25, 0.3) is 0 Å². The summed E-state index contributed by atoms with van der Waals surface area (Å²) >= 11 is 0. The lowest BCUT2D eigenvalue weighted by Gasteiger charge is -2.08. The van der Waals surface area contributed by atoms with Crippen molar-refractivity contribution in [2.24, 2.45) is 0 Å². The Labute approximate surface area is 83.2 Å². The molecule has 0 aliphatic heterocycles. The monoisotopic (exact) mass is 192 g/mol. The highest BCUT2D eigenvalue weighted by molar-refractivity contribution is 4.47. The molecule has 0 rings (SSSR count). The zero-order chi connectivity index (χ0) is 8.53. The summed E-state index contributed by atoms with van der Waals surface area (Å²) < 4.78 is 0. The van der Waals surface area contributed by atoms with Crippen molar-refractivity contribution in [3.63, 3.8) is 0 Å². The molecule has 0 heterocycles. The predicted octanol–water partition coefficient (Wildman–Crippen LogP) is 1.65. The third-order valence-corrected chi connectivity index (χ3v) is 1.78. The number of hydrogen-bond acceptors (Lipinski definition) is 4. The lowest BCUT2D eigenvalue weighted by atomic mass is 10.2. The van der Waals surface area contributed by atoms with Crippen molar-refractivity contribution < 1.29 is 0 Å². The van der Waals surface area contributed by atoms with Gasteiger partial charge >= 0.3 is 0 Å². The van der Waals surface area contributed by atoms with Crippen molar-refractivity contribution in [1.29, 1.82) is 0 Å². The highest BCUT2D eigenvalue weighted by atomic mass is 15.0. The van der Waals surface area contributed by atoms with Crippen molar-refractivity contribution in [3.05, 3.63) is 0 Å². The van der Waals surface area contributed by atoms with Crippen LogP contribution in [0.15, 0.2) is 0 Å². The molecule has 0 atom stereocenters. The molecule has 0 spiro atoms. The Balaban J connectivity index is -0.000000500. The van der Waals surface area contributed by atoms with Crippen LogP contribution in [0.4, 0.5) is 0 Å². The molecular weight excluding hydrogens is 164 g/mol.